The molecule has 0 radical (unpaired) electrons. The minimum atomic E-state index is -0.209. The molecule has 28 heavy (non-hydrogen) atoms. The van der Waals surface area contributed by atoms with Crippen LogP contribution >= 0.6 is 11.6 Å². The molecule has 0 atom stereocenters. The third-order valence-electron chi connectivity index (χ3n) is 5.27. The van der Waals surface area contributed by atoms with Crippen molar-refractivity contribution in [1.29, 1.82) is 0 Å². The molecule has 0 saturated heterocycles. The lowest BCUT2D eigenvalue weighted by molar-refractivity contribution is 0.0956. The summed E-state index contributed by atoms with van der Waals surface area (Å²) in [5, 5.41) is 13.3. The van der Waals surface area contributed by atoms with Gasteiger partial charge in [0.1, 0.15) is 5.69 Å². The minimum absolute atomic E-state index is 0.120. The molecule has 0 unspecified atom stereocenters. The number of fused-ring (bicyclic) bond motifs is 1. The molecular weight excluding hydrogens is 374 g/mol. The zero-order chi connectivity index (χ0) is 20.1. The molecule has 0 bridgehead atoms. The molecule has 0 saturated carbocycles. The Hall–Kier alpha value is -2.73. The van der Waals surface area contributed by atoms with Crippen LogP contribution in [0.4, 0.5) is 5.69 Å². The summed E-state index contributed by atoms with van der Waals surface area (Å²) in [5.74, 6) is 0.675. The molecular formula is C21H22ClN5O. The topological polar surface area (TPSA) is 63.9 Å². The highest BCUT2D eigenvalue weighted by Crippen LogP contribution is 2.42. The molecule has 0 fully saturated rings. The van der Waals surface area contributed by atoms with Crippen LogP contribution in [0, 0.1) is 0 Å². The van der Waals surface area contributed by atoms with E-state index in [1.807, 2.05) is 43.3 Å². The van der Waals surface area contributed by atoms with Crippen molar-refractivity contribution in [3.8, 4) is 17.1 Å². The number of ketones is 1. The normalized spacial score (nSPS) is 15.4. The van der Waals surface area contributed by atoms with E-state index >= 15 is 0 Å². The van der Waals surface area contributed by atoms with E-state index in [0.29, 0.717) is 28.6 Å². The molecule has 3 aromatic rings. The van der Waals surface area contributed by atoms with Gasteiger partial charge in [0.05, 0.1) is 11.3 Å². The van der Waals surface area contributed by atoms with Crippen molar-refractivity contribution < 1.29 is 4.79 Å². The largest absolute Gasteiger partial charge is 0.378 e. The number of aromatic nitrogens is 4. The molecule has 1 aromatic carbocycles. The summed E-state index contributed by atoms with van der Waals surface area (Å²) < 4.78 is 1.75. The van der Waals surface area contributed by atoms with E-state index in [0.717, 1.165) is 23.4 Å². The van der Waals surface area contributed by atoms with Crippen LogP contribution in [0.25, 0.3) is 17.1 Å². The molecule has 7 heteroatoms. The summed E-state index contributed by atoms with van der Waals surface area (Å²) in [6, 6.07) is 11.5. The lowest BCUT2D eigenvalue weighted by Gasteiger charge is -2.30. The van der Waals surface area contributed by atoms with Crippen molar-refractivity contribution in [2.75, 3.05) is 19.0 Å². The SMILES string of the molecule is CN(C)c1ccc(-c2nn(-c3ccc(Cl)nn3)c3c2C(=O)CCC3(C)C)cc1. The van der Waals surface area contributed by atoms with E-state index in [-0.39, 0.29) is 11.2 Å². The summed E-state index contributed by atoms with van der Waals surface area (Å²) in [6.45, 7) is 4.28. The van der Waals surface area contributed by atoms with Crippen LogP contribution < -0.4 is 4.90 Å². The van der Waals surface area contributed by atoms with E-state index in [1.54, 1.807) is 16.8 Å². The van der Waals surface area contributed by atoms with Gasteiger partial charge in [0.2, 0.25) is 0 Å². The Labute approximate surface area is 169 Å². The summed E-state index contributed by atoms with van der Waals surface area (Å²) >= 11 is 5.90. The van der Waals surface area contributed by atoms with Gasteiger partial charge in [0.25, 0.3) is 0 Å². The van der Waals surface area contributed by atoms with Gasteiger partial charge in [-0.05, 0) is 30.7 Å². The van der Waals surface area contributed by atoms with Gasteiger partial charge in [-0.2, -0.15) is 5.10 Å². The van der Waals surface area contributed by atoms with E-state index in [2.05, 4.69) is 24.0 Å². The first-order valence-electron chi connectivity index (χ1n) is 9.22. The first kappa shape index (κ1) is 18.6. The fourth-order valence-electron chi connectivity index (χ4n) is 3.68. The number of Topliss-reactive ketones (excluding diaryl/α,β-unsaturated/α-hetero) is 1. The predicted molar refractivity (Wildman–Crippen MR) is 111 cm³/mol. The predicted octanol–water partition coefficient (Wildman–Crippen LogP) is 4.30. The molecule has 0 N–H and O–H groups in total. The highest BCUT2D eigenvalue weighted by molar-refractivity contribution is 6.29. The van der Waals surface area contributed by atoms with Crippen molar-refractivity contribution in [3.05, 3.63) is 52.8 Å². The highest BCUT2D eigenvalue weighted by Gasteiger charge is 2.39. The maximum Gasteiger partial charge on any atom is 0.176 e. The lowest BCUT2D eigenvalue weighted by Crippen LogP contribution is -2.29. The zero-order valence-corrected chi connectivity index (χ0v) is 17.2. The van der Waals surface area contributed by atoms with Crippen molar-refractivity contribution in [1.82, 2.24) is 20.0 Å². The second-order valence-electron chi connectivity index (χ2n) is 7.95. The zero-order valence-electron chi connectivity index (χ0n) is 16.4. The number of halogens is 1. The van der Waals surface area contributed by atoms with E-state index < -0.39 is 0 Å². The van der Waals surface area contributed by atoms with Crippen LogP contribution in [0.5, 0.6) is 0 Å². The first-order valence-corrected chi connectivity index (χ1v) is 9.60. The first-order chi connectivity index (χ1) is 13.3. The number of carbonyl (C=O) groups excluding carboxylic acids is 1. The van der Waals surface area contributed by atoms with Crippen molar-refractivity contribution in [3.63, 3.8) is 0 Å². The molecule has 1 aliphatic rings. The summed E-state index contributed by atoms with van der Waals surface area (Å²) in [6.07, 6.45) is 1.28. The third kappa shape index (κ3) is 3.07. The Kier molecular flexibility index (Phi) is 4.46. The average molecular weight is 396 g/mol. The Bertz CT molecular complexity index is 1040. The van der Waals surface area contributed by atoms with Gasteiger partial charge < -0.3 is 4.90 Å². The summed E-state index contributed by atoms with van der Waals surface area (Å²) in [5.41, 5.74) is 4.05. The van der Waals surface area contributed by atoms with Gasteiger partial charge in [0.15, 0.2) is 16.8 Å². The smallest absolute Gasteiger partial charge is 0.176 e. The van der Waals surface area contributed by atoms with Gasteiger partial charge in [0, 0.05) is 37.2 Å². The molecule has 144 valence electrons. The van der Waals surface area contributed by atoms with Crippen LogP contribution in [-0.2, 0) is 5.41 Å². The maximum atomic E-state index is 12.9. The molecule has 2 heterocycles. The van der Waals surface area contributed by atoms with Gasteiger partial charge in [-0.25, -0.2) is 4.68 Å². The Morgan fingerprint density at radius 2 is 1.79 bits per heavy atom. The van der Waals surface area contributed by atoms with Crippen LogP contribution in [0.3, 0.4) is 0 Å². The molecule has 0 amide bonds. The van der Waals surface area contributed by atoms with Crippen molar-refractivity contribution in [2.24, 2.45) is 0 Å². The number of hydrogen-bond donors (Lipinski definition) is 0. The van der Waals surface area contributed by atoms with E-state index in [4.69, 9.17) is 16.7 Å². The van der Waals surface area contributed by atoms with Crippen molar-refractivity contribution >= 4 is 23.1 Å². The molecule has 0 aliphatic heterocycles. The molecule has 6 nitrogen and oxygen atoms in total. The standard InChI is InChI=1S/C21H22ClN5O/c1-21(2)12-11-15(28)18-19(13-5-7-14(8-6-13)26(3)4)25-27(20(18)21)17-10-9-16(22)23-24-17/h5-10H,11-12H2,1-4H3. The van der Waals surface area contributed by atoms with Crippen LogP contribution in [0.2, 0.25) is 5.15 Å². The summed E-state index contributed by atoms with van der Waals surface area (Å²) in [7, 11) is 3.99. The van der Waals surface area contributed by atoms with Gasteiger partial charge in [-0.3, -0.25) is 4.79 Å². The second-order valence-corrected chi connectivity index (χ2v) is 8.33. The van der Waals surface area contributed by atoms with Crippen LogP contribution in [0.1, 0.15) is 42.7 Å². The Morgan fingerprint density at radius 3 is 2.39 bits per heavy atom. The number of anilines is 1. The fraction of sp³-hybridized carbons (Fsp3) is 0.333. The molecule has 2 aromatic heterocycles. The molecule has 4 rings (SSSR count). The molecule has 0 spiro atoms. The van der Waals surface area contributed by atoms with Gasteiger partial charge in [-0.15, -0.1) is 10.2 Å². The number of benzene rings is 1. The third-order valence-corrected chi connectivity index (χ3v) is 5.48. The Morgan fingerprint density at radius 1 is 1.07 bits per heavy atom. The molecule has 1 aliphatic carbocycles. The van der Waals surface area contributed by atoms with Crippen LogP contribution in [-0.4, -0.2) is 39.9 Å². The quantitative estimate of drug-likeness (QED) is 0.661. The van der Waals surface area contributed by atoms with E-state index in [1.165, 1.54) is 0 Å². The highest BCUT2D eigenvalue weighted by atomic mass is 35.5. The van der Waals surface area contributed by atoms with E-state index in [9.17, 15) is 4.79 Å². The lowest BCUT2D eigenvalue weighted by atomic mass is 9.75. The maximum absolute atomic E-state index is 12.9. The number of hydrogen-bond acceptors (Lipinski definition) is 5. The second kappa shape index (κ2) is 6.71. The monoisotopic (exact) mass is 395 g/mol. The minimum Gasteiger partial charge on any atom is -0.378 e. The Balaban J connectivity index is 1.95. The van der Waals surface area contributed by atoms with Gasteiger partial charge >= 0.3 is 0 Å². The van der Waals surface area contributed by atoms with Crippen molar-refractivity contribution in [2.45, 2.75) is 32.1 Å². The number of nitrogens with zero attached hydrogens (tertiary/aromatic N) is 5. The van der Waals surface area contributed by atoms with Gasteiger partial charge in [-0.1, -0.05) is 37.6 Å². The number of rotatable bonds is 3. The number of carbonyl (C=O) groups is 1. The van der Waals surface area contributed by atoms with Crippen LogP contribution in [0.15, 0.2) is 36.4 Å². The summed E-state index contributed by atoms with van der Waals surface area (Å²) in [4.78, 5) is 15.0. The average Bonchev–Trinajstić information content (AvgIpc) is 3.08. The fourth-order valence-corrected chi connectivity index (χ4v) is 3.78.